The molecule has 0 fully saturated rings. The fraction of sp³-hybridized carbons (Fsp3) is 0.0189. The van der Waals surface area contributed by atoms with Crippen LogP contribution in [-0.2, 0) is 5.41 Å². The molecule has 2 aliphatic rings. The lowest BCUT2D eigenvalue weighted by Gasteiger charge is -2.39. The van der Waals surface area contributed by atoms with E-state index in [-0.39, 0.29) is 0 Å². The molecule has 56 heavy (non-hydrogen) atoms. The highest BCUT2D eigenvalue weighted by Crippen LogP contribution is 2.62. The van der Waals surface area contributed by atoms with Crippen molar-refractivity contribution in [1.29, 1.82) is 0 Å². The summed E-state index contributed by atoms with van der Waals surface area (Å²) in [5, 5.41) is 4.79. The molecule has 3 heteroatoms. The molecule has 0 bridgehead atoms. The average molecular weight is 715 g/mol. The molecule has 0 N–H and O–H groups in total. The first kappa shape index (κ1) is 31.0. The molecule has 1 spiro atoms. The molecular weight excluding hydrogens is 681 g/mol. The maximum absolute atomic E-state index is 6.97. The van der Waals surface area contributed by atoms with Crippen molar-refractivity contribution >= 4 is 49.6 Å². The van der Waals surface area contributed by atoms with Crippen LogP contribution in [0.1, 0.15) is 22.3 Å². The fourth-order valence-electron chi connectivity index (χ4n) is 9.75. The van der Waals surface area contributed by atoms with E-state index in [0.29, 0.717) is 0 Å². The van der Waals surface area contributed by atoms with Gasteiger partial charge in [-0.2, -0.15) is 0 Å². The van der Waals surface area contributed by atoms with Gasteiger partial charge in [-0.25, -0.2) is 0 Å². The van der Waals surface area contributed by atoms with Crippen LogP contribution in [0.2, 0.25) is 0 Å². The van der Waals surface area contributed by atoms with Crippen molar-refractivity contribution < 1.29 is 4.74 Å². The van der Waals surface area contributed by atoms with Crippen molar-refractivity contribution in [2.75, 3.05) is 4.90 Å². The molecule has 12 rings (SSSR count). The molecule has 1 aliphatic carbocycles. The van der Waals surface area contributed by atoms with Gasteiger partial charge >= 0.3 is 0 Å². The molecule has 0 saturated heterocycles. The predicted molar refractivity (Wildman–Crippen MR) is 230 cm³/mol. The van der Waals surface area contributed by atoms with E-state index in [2.05, 4.69) is 216 Å². The molecule has 0 atom stereocenters. The van der Waals surface area contributed by atoms with Gasteiger partial charge in [0.25, 0.3) is 0 Å². The Morgan fingerprint density at radius 3 is 1.66 bits per heavy atom. The number of hydrogen-bond donors (Lipinski definition) is 0. The Bertz CT molecular complexity index is 3080. The molecule has 3 nitrogen and oxygen atoms in total. The molecular formula is C53H34N2O. The summed E-state index contributed by atoms with van der Waals surface area (Å²) in [5.74, 6) is 1.80. The van der Waals surface area contributed by atoms with Crippen molar-refractivity contribution in [3.05, 3.63) is 229 Å². The Hall–Kier alpha value is -7.36. The number of benzene rings is 9. The second-order valence-electron chi connectivity index (χ2n) is 14.8. The van der Waals surface area contributed by atoms with Crippen LogP contribution in [0.3, 0.4) is 0 Å². The molecule has 2 heterocycles. The largest absolute Gasteiger partial charge is 0.457 e. The Labute approximate surface area is 324 Å². The first-order valence-corrected chi connectivity index (χ1v) is 19.3. The number of para-hydroxylation sites is 3. The zero-order valence-corrected chi connectivity index (χ0v) is 30.4. The standard InChI is InChI=1S/C53H34N2O/c1-3-16-36(17-4-1)54(37-18-5-2-6-19-37)38-28-30-39(31-29-38)55-49-34-48-51(33-44(49)43-32-27-35-15-7-8-20-40(35)52(43)55)56-50-26-14-13-25-47(50)53(48)45-23-11-9-21-41(45)42-22-10-12-24-46(42)53/h1-34H. The third kappa shape index (κ3) is 4.22. The summed E-state index contributed by atoms with van der Waals surface area (Å²) in [7, 11) is 0. The first-order valence-electron chi connectivity index (χ1n) is 19.3. The molecule has 0 saturated carbocycles. The van der Waals surface area contributed by atoms with Crippen LogP contribution in [-0.4, -0.2) is 4.57 Å². The van der Waals surface area contributed by atoms with Gasteiger partial charge in [-0.1, -0.05) is 140 Å². The highest BCUT2D eigenvalue weighted by molar-refractivity contribution is 6.19. The van der Waals surface area contributed by atoms with Gasteiger partial charge in [-0.05, 0) is 94.4 Å². The maximum Gasteiger partial charge on any atom is 0.133 e. The highest BCUT2D eigenvalue weighted by atomic mass is 16.5. The van der Waals surface area contributed by atoms with Crippen LogP contribution < -0.4 is 9.64 Å². The van der Waals surface area contributed by atoms with E-state index >= 15 is 0 Å². The minimum absolute atomic E-state index is 0.551. The van der Waals surface area contributed by atoms with E-state index in [1.165, 1.54) is 49.5 Å². The summed E-state index contributed by atoms with van der Waals surface area (Å²) in [6, 6.07) is 74.7. The van der Waals surface area contributed by atoms with Gasteiger partial charge in [0.2, 0.25) is 0 Å². The third-order valence-electron chi connectivity index (χ3n) is 12.0. The Morgan fingerprint density at radius 1 is 0.393 bits per heavy atom. The molecule has 1 aliphatic heterocycles. The summed E-state index contributed by atoms with van der Waals surface area (Å²) < 4.78 is 9.44. The minimum atomic E-state index is -0.551. The average Bonchev–Trinajstić information content (AvgIpc) is 3.75. The second-order valence-corrected chi connectivity index (χ2v) is 14.8. The monoisotopic (exact) mass is 714 g/mol. The Balaban J connectivity index is 1.16. The Morgan fingerprint density at radius 2 is 0.964 bits per heavy atom. The molecule has 0 amide bonds. The molecule has 262 valence electrons. The van der Waals surface area contributed by atoms with Gasteiger partial charge in [0, 0.05) is 50.0 Å². The number of ether oxygens (including phenoxy) is 1. The van der Waals surface area contributed by atoms with E-state index in [1.807, 2.05) is 0 Å². The van der Waals surface area contributed by atoms with Gasteiger partial charge in [0.05, 0.1) is 16.4 Å². The van der Waals surface area contributed by atoms with E-state index in [1.54, 1.807) is 0 Å². The lowest BCUT2D eigenvalue weighted by atomic mass is 9.66. The SMILES string of the molecule is c1ccc(N(c2ccccc2)c2ccc(-n3c4cc5c(cc4c4ccc6ccccc6c43)Oc3ccccc3C53c4ccccc4-c4ccccc43)cc2)cc1. The van der Waals surface area contributed by atoms with Crippen LogP contribution in [0.25, 0.3) is 49.4 Å². The van der Waals surface area contributed by atoms with Gasteiger partial charge in [0.15, 0.2) is 0 Å². The normalized spacial score (nSPS) is 13.3. The van der Waals surface area contributed by atoms with Crippen molar-refractivity contribution in [3.63, 3.8) is 0 Å². The number of hydrogen-bond acceptors (Lipinski definition) is 2. The minimum Gasteiger partial charge on any atom is -0.457 e. The first-order chi connectivity index (χ1) is 27.8. The molecule has 9 aromatic carbocycles. The quantitative estimate of drug-likeness (QED) is 0.181. The van der Waals surface area contributed by atoms with Gasteiger partial charge in [-0.3, -0.25) is 0 Å². The van der Waals surface area contributed by atoms with E-state index < -0.39 is 5.41 Å². The van der Waals surface area contributed by atoms with Crippen LogP contribution in [0.5, 0.6) is 11.5 Å². The van der Waals surface area contributed by atoms with Crippen molar-refractivity contribution in [3.8, 4) is 28.3 Å². The van der Waals surface area contributed by atoms with E-state index in [0.717, 1.165) is 50.7 Å². The van der Waals surface area contributed by atoms with Crippen molar-refractivity contribution in [2.24, 2.45) is 0 Å². The van der Waals surface area contributed by atoms with E-state index in [4.69, 9.17) is 4.74 Å². The number of aromatic nitrogens is 1. The predicted octanol–water partition coefficient (Wildman–Crippen LogP) is 13.9. The molecule has 1 aromatic heterocycles. The van der Waals surface area contributed by atoms with Crippen LogP contribution in [0, 0.1) is 0 Å². The van der Waals surface area contributed by atoms with Crippen LogP contribution in [0.15, 0.2) is 206 Å². The van der Waals surface area contributed by atoms with Gasteiger partial charge in [0.1, 0.15) is 11.5 Å². The number of rotatable bonds is 4. The summed E-state index contributed by atoms with van der Waals surface area (Å²) in [6.07, 6.45) is 0. The van der Waals surface area contributed by atoms with Crippen molar-refractivity contribution in [2.45, 2.75) is 5.41 Å². The molecule has 0 radical (unpaired) electrons. The zero-order valence-electron chi connectivity index (χ0n) is 30.4. The highest BCUT2D eigenvalue weighted by Gasteiger charge is 2.51. The molecule has 10 aromatic rings. The van der Waals surface area contributed by atoms with Crippen molar-refractivity contribution in [1.82, 2.24) is 4.57 Å². The fourth-order valence-corrected chi connectivity index (χ4v) is 9.75. The molecule has 0 unspecified atom stereocenters. The summed E-state index contributed by atoms with van der Waals surface area (Å²) >= 11 is 0. The topological polar surface area (TPSA) is 17.4 Å². The summed E-state index contributed by atoms with van der Waals surface area (Å²) in [6.45, 7) is 0. The number of nitrogens with zero attached hydrogens (tertiary/aromatic N) is 2. The zero-order chi connectivity index (χ0) is 36.8. The van der Waals surface area contributed by atoms with Crippen LogP contribution in [0.4, 0.5) is 17.1 Å². The van der Waals surface area contributed by atoms with Gasteiger partial charge < -0.3 is 14.2 Å². The summed E-state index contributed by atoms with van der Waals surface area (Å²) in [4.78, 5) is 2.31. The third-order valence-corrected chi connectivity index (χ3v) is 12.0. The maximum atomic E-state index is 6.97. The number of fused-ring (bicyclic) bond motifs is 14. The summed E-state index contributed by atoms with van der Waals surface area (Å²) in [5.41, 5.74) is 13.7. The number of anilines is 3. The Kier molecular flexibility index (Phi) is 6.55. The lowest BCUT2D eigenvalue weighted by Crippen LogP contribution is -2.32. The second kappa shape index (κ2) is 11.8. The smallest absolute Gasteiger partial charge is 0.133 e. The van der Waals surface area contributed by atoms with E-state index in [9.17, 15) is 0 Å². The lowest BCUT2D eigenvalue weighted by molar-refractivity contribution is 0.437. The van der Waals surface area contributed by atoms with Gasteiger partial charge in [-0.15, -0.1) is 0 Å². The van der Waals surface area contributed by atoms with Crippen LogP contribution >= 0.6 is 0 Å².